The summed E-state index contributed by atoms with van der Waals surface area (Å²) in [5.74, 6) is 1.11. The van der Waals surface area contributed by atoms with Gasteiger partial charge in [0.15, 0.2) is 11.5 Å². The van der Waals surface area contributed by atoms with Crippen molar-refractivity contribution in [1.82, 2.24) is 4.31 Å². The average molecular weight is 408 g/mol. The first-order valence-corrected chi connectivity index (χ1v) is 9.78. The molecule has 0 fully saturated rings. The van der Waals surface area contributed by atoms with E-state index in [2.05, 4.69) is 5.32 Å². The number of sulfonamides is 1. The molecule has 0 heterocycles. The molecule has 2 aromatic carbocycles. The second kappa shape index (κ2) is 8.94. The van der Waals surface area contributed by atoms with Crippen molar-refractivity contribution in [3.05, 3.63) is 42.0 Å². The minimum Gasteiger partial charge on any atom is -0.495 e. The first kappa shape index (κ1) is 21.5. The lowest BCUT2D eigenvalue weighted by Crippen LogP contribution is -2.22. The zero-order chi connectivity index (χ0) is 20.9. The van der Waals surface area contributed by atoms with Gasteiger partial charge in [0.1, 0.15) is 5.75 Å². The van der Waals surface area contributed by atoms with Gasteiger partial charge in [-0.05, 0) is 35.9 Å². The molecule has 0 spiro atoms. The summed E-state index contributed by atoms with van der Waals surface area (Å²) in [6.07, 6.45) is 0.0637. The molecule has 0 saturated carbocycles. The Hall–Kier alpha value is -2.78. The first-order valence-electron chi connectivity index (χ1n) is 8.34. The van der Waals surface area contributed by atoms with Crippen LogP contribution in [-0.4, -0.2) is 54.1 Å². The molecule has 2 rings (SSSR count). The number of anilines is 1. The SMILES string of the molecule is COc1ccc(S(=O)(=O)N(C)C)cc1NC(=O)Cc1ccc(OC)c(OC)c1. The molecule has 0 aromatic heterocycles. The van der Waals surface area contributed by atoms with Gasteiger partial charge in [-0.25, -0.2) is 12.7 Å². The van der Waals surface area contributed by atoms with Crippen LogP contribution in [-0.2, 0) is 21.2 Å². The molecule has 8 nitrogen and oxygen atoms in total. The quantitative estimate of drug-likeness (QED) is 0.719. The highest BCUT2D eigenvalue weighted by Crippen LogP contribution is 2.30. The van der Waals surface area contributed by atoms with Crippen LogP contribution in [0.3, 0.4) is 0 Å². The molecule has 28 heavy (non-hydrogen) atoms. The highest BCUT2D eigenvalue weighted by atomic mass is 32.2. The fraction of sp³-hybridized carbons (Fsp3) is 0.316. The Morgan fingerprint density at radius 3 is 2.11 bits per heavy atom. The van der Waals surface area contributed by atoms with Crippen molar-refractivity contribution in [2.75, 3.05) is 40.7 Å². The Balaban J connectivity index is 2.26. The smallest absolute Gasteiger partial charge is 0.242 e. The number of rotatable bonds is 8. The number of nitrogens with one attached hydrogen (secondary N) is 1. The molecule has 9 heteroatoms. The van der Waals surface area contributed by atoms with Crippen LogP contribution in [0.15, 0.2) is 41.3 Å². The number of carbonyl (C=O) groups is 1. The van der Waals surface area contributed by atoms with Crippen LogP contribution in [0.2, 0.25) is 0 Å². The fourth-order valence-electron chi connectivity index (χ4n) is 2.53. The third-order valence-electron chi connectivity index (χ3n) is 4.04. The van der Waals surface area contributed by atoms with E-state index in [-0.39, 0.29) is 22.9 Å². The number of methoxy groups -OCH3 is 3. The van der Waals surface area contributed by atoms with Crippen molar-refractivity contribution in [3.63, 3.8) is 0 Å². The summed E-state index contributed by atoms with van der Waals surface area (Å²) in [6, 6.07) is 9.49. The summed E-state index contributed by atoms with van der Waals surface area (Å²) < 4.78 is 41.4. The maximum atomic E-state index is 12.5. The zero-order valence-corrected chi connectivity index (χ0v) is 17.3. The van der Waals surface area contributed by atoms with Crippen LogP contribution in [0, 0.1) is 0 Å². The second-order valence-electron chi connectivity index (χ2n) is 6.06. The maximum absolute atomic E-state index is 12.5. The Morgan fingerprint density at radius 2 is 1.54 bits per heavy atom. The van der Waals surface area contributed by atoms with Crippen molar-refractivity contribution in [1.29, 1.82) is 0 Å². The van der Waals surface area contributed by atoms with Gasteiger partial charge in [0, 0.05) is 14.1 Å². The van der Waals surface area contributed by atoms with Crippen molar-refractivity contribution < 1.29 is 27.4 Å². The molecule has 0 unspecified atom stereocenters. The maximum Gasteiger partial charge on any atom is 0.242 e. The van der Waals surface area contributed by atoms with E-state index >= 15 is 0 Å². The average Bonchev–Trinajstić information content (AvgIpc) is 2.67. The predicted molar refractivity (Wildman–Crippen MR) is 106 cm³/mol. The monoisotopic (exact) mass is 408 g/mol. The van der Waals surface area contributed by atoms with E-state index in [1.54, 1.807) is 18.2 Å². The zero-order valence-electron chi connectivity index (χ0n) is 16.5. The summed E-state index contributed by atoms with van der Waals surface area (Å²) in [5, 5.41) is 2.71. The minimum absolute atomic E-state index is 0.0553. The second-order valence-corrected chi connectivity index (χ2v) is 8.22. The third kappa shape index (κ3) is 4.73. The summed E-state index contributed by atoms with van der Waals surface area (Å²) in [4.78, 5) is 12.6. The number of hydrogen-bond acceptors (Lipinski definition) is 6. The molecule has 0 aliphatic heterocycles. The lowest BCUT2D eigenvalue weighted by atomic mass is 10.1. The van der Waals surface area contributed by atoms with Crippen LogP contribution >= 0.6 is 0 Å². The number of ether oxygens (including phenoxy) is 3. The van der Waals surface area contributed by atoms with Crippen LogP contribution in [0.4, 0.5) is 5.69 Å². The van der Waals surface area contributed by atoms with E-state index in [0.29, 0.717) is 22.8 Å². The molecule has 0 aliphatic carbocycles. The van der Waals surface area contributed by atoms with Crippen molar-refractivity contribution in [2.45, 2.75) is 11.3 Å². The number of hydrogen-bond donors (Lipinski definition) is 1. The molecule has 0 radical (unpaired) electrons. The molecular weight excluding hydrogens is 384 g/mol. The van der Waals surface area contributed by atoms with Gasteiger partial charge in [-0.2, -0.15) is 0 Å². The van der Waals surface area contributed by atoms with E-state index in [0.717, 1.165) is 4.31 Å². The lowest BCUT2D eigenvalue weighted by molar-refractivity contribution is -0.115. The van der Waals surface area contributed by atoms with Crippen LogP contribution < -0.4 is 19.5 Å². The lowest BCUT2D eigenvalue weighted by Gasteiger charge is -2.15. The van der Waals surface area contributed by atoms with E-state index in [1.807, 2.05) is 0 Å². The molecule has 0 atom stereocenters. The van der Waals surface area contributed by atoms with Gasteiger partial charge in [-0.1, -0.05) is 6.07 Å². The molecule has 2 aromatic rings. The number of amides is 1. The Morgan fingerprint density at radius 1 is 0.929 bits per heavy atom. The van der Waals surface area contributed by atoms with Crippen molar-refractivity contribution in [2.24, 2.45) is 0 Å². The van der Waals surface area contributed by atoms with Gasteiger partial charge >= 0.3 is 0 Å². The van der Waals surface area contributed by atoms with E-state index in [9.17, 15) is 13.2 Å². The summed E-state index contributed by atoms with van der Waals surface area (Å²) in [7, 11) is 3.73. The molecule has 152 valence electrons. The van der Waals surface area contributed by atoms with E-state index in [1.165, 1.54) is 53.6 Å². The summed E-state index contributed by atoms with van der Waals surface area (Å²) in [5.41, 5.74) is 0.988. The molecule has 1 amide bonds. The highest BCUT2D eigenvalue weighted by Gasteiger charge is 2.20. The molecule has 1 N–H and O–H groups in total. The minimum atomic E-state index is -3.64. The van der Waals surface area contributed by atoms with E-state index in [4.69, 9.17) is 14.2 Å². The number of carbonyl (C=O) groups excluding carboxylic acids is 1. The summed E-state index contributed by atoms with van der Waals surface area (Å²) >= 11 is 0. The largest absolute Gasteiger partial charge is 0.495 e. The Labute approximate surface area is 165 Å². The third-order valence-corrected chi connectivity index (χ3v) is 5.85. The standard InChI is InChI=1S/C19H24N2O6S/c1-21(2)28(23,24)14-7-9-16(25-3)15(12-14)20-19(22)11-13-6-8-17(26-4)18(10-13)27-5/h6-10,12H,11H2,1-5H3,(H,20,22). The van der Waals surface area contributed by atoms with Crippen LogP contribution in [0.25, 0.3) is 0 Å². The predicted octanol–water partition coefficient (Wildman–Crippen LogP) is 2.14. The Bertz CT molecular complexity index is 957. The highest BCUT2D eigenvalue weighted by molar-refractivity contribution is 7.89. The summed E-state index contributed by atoms with van der Waals surface area (Å²) in [6.45, 7) is 0. The topological polar surface area (TPSA) is 94.2 Å². The fourth-order valence-corrected chi connectivity index (χ4v) is 3.45. The van der Waals surface area contributed by atoms with Gasteiger partial charge in [0.2, 0.25) is 15.9 Å². The van der Waals surface area contributed by atoms with E-state index < -0.39 is 10.0 Å². The normalized spacial score (nSPS) is 11.2. The van der Waals surface area contributed by atoms with Gasteiger partial charge in [-0.3, -0.25) is 4.79 Å². The molecule has 0 aliphatic rings. The number of nitrogens with zero attached hydrogens (tertiary/aromatic N) is 1. The van der Waals surface area contributed by atoms with Gasteiger partial charge in [0.25, 0.3) is 0 Å². The van der Waals surface area contributed by atoms with Crippen LogP contribution in [0.1, 0.15) is 5.56 Å². The molecule has 0 bridgehead atoms. The molecule has 0 saturated heterocycles. The van der Waals surface area contributed by atoms with Crippen molar-refractivity contribution in [3.8, 4) is 17.2 Å². The van der Waals surface area contributed by atoms with Gasteiger partial charge < -0.3 is 19.5 Å². The number of benzene rings is 2. The molecular formula is C19H24N2O6S. The van der Waals surface area contributed by atoms with Crippen LogP contribution in [0.5, 0.6) is 17.2 Å². The Kier molecular flexibility index (Phi) is 6.87. The van der Waals surface area contributed by atoms with Crippen molar-refractivity contribution >= 4 is 21.6 Å². The first-order chi connectivity index (χ1) is 13.2. The van der Waals surface area contributed by atoms with Gasteiger partial charge in [-0.15, -0.1) is 0 Å². The van der Waals surface area contributed by atoms with Gasteiger partial charge in [0.05, 0.1) is 38.3 Å².